The minimum Gasteiger partial charge on any atom is -0.399 e. The molecule has 3 aromatic heterocycles. The molecular weight excluding hydrogens is 516 g/mol. The monoisotopic (exact) mass is 539 g/mol. The van der Waals surface area contributed by atoms with Gasteiger partial charge in [-0.3, -0.25) is 9.36 Å². The number of thiazole rings is 1. The first kappa shape index (κ1) is 25.0. The Kier molecular flexibility index (Phi) is 6.52. The van der Waals surface area contributed by atoms with Crippen LogP contribution in [-0.4, -0.2) is 33.1 Å². The first-order chi connectivity index (χ1) is 17.7. The predicted molar refractivity (Wildman–Crippen MR) is 145 cm³/mol. The summed E-state index contributed by atoms with van der Waals surface area (Å²) >= 11 is 2.43. The van der Waals surface area contributed by atoms with E-state index in [1.807, 2.05) is 38.1 Å². The van der Waals surface area contributed by atoms with Gasteiger partial charge in [-0.05, 0) is 56.4 Å². The van der Waals surface area contributed by atoms with Gasteiger partial charge >= 0.3 is 5.69 Å². The molecule has 0 aliphatic heterocycles. The average Bonchev–Trinajstić information content (AvgIpc) is 3.42. The van der Waals surface area contributed by atoms with Gasteiger partial charge in [-0.15, -0.1) is 22.7 Å². The summed E-state index contributed by atoms with van der Waals surface area (Å²) in [7, 11) is 3.76. The smallest absolute Gasteiger partial charge is 0.338 e. The average molecular weight is 540 g/mol. The van der Waals surface area contributed by atoms with Crippen LogP contribution in [0.4, 0.5) is 14.5 Å². The van der Waals surface area contributed by atoms with Crippen molar-refractivity contribution in [1.82, 2.24) is 19.0 Å². The van der Waals surface area contributed by atoms with Crippen LogP contribution in [0.5, 0.6) is 0 Å². The number of hydrogen-bond donors (Lipinski definition) is 1. The van der Waals surface area contributed by atoms with Crippen LogP contribution in [0.1, 0.15) is 16.0 Å². The van der Waals surface area contributed by atoms with E-state index < -0.39 is 22.9 Å². The Labute approximate surface area is 218 Å². The number of rotatable bonds is 6. The topological polar surface area (TPSA) is 86.2 Å². The first-order valence-electron chi connectivity index (χ1n) is 11.3. The van der Waals surface area contributed by atoms with E-state index in [1.54, 1.807) is 18.3 Å². The second-order valence-corrected chi connectivity index (χ2v) is 11.1. The van der Waals surface area contributed by atoms with Crippen LogP contribution in [0.25, 0.3) is 25.8 Å². The highest BCUT2D eigenvalue weighted by atomic mass is 32.1. The van der Waals surface area contributed by atoms with Gasteiger partial charge in [0.05, 0.1) is 11.9 Å². The number of halogens is 2. The molecular formula is C26H23F2N5O2S2. The lowest BCUT2D eigenvalue weighted by Crippen LogP contribution is -2.39. The maximum atomic E-state index is 14.7. The molecule has 0 fully saturated rings. The fourth-order valence-electron chi connectivity index (χ4n) is 4.20. The van der Waals surface area contributed by atoms with Crippen molar-refractivity contribution in [2.75, 3.05) is 19.8 Å². The lowest BCUT2D eigenvalue weighted by Gasteiger charge is -2.14. The molecule has 2 aromatic carbocycles. The van der Waals surface area contributed by atoms with E-state index in [0.29, 0.717) is 28.0 Å². The van der Waals surface area contributed by atoms with Crippen molar-refractivity contribution in [3.8, 4) is 15.6 Å². The highest BCUT2D eigenvalue weighted by Crippen LogP contribution is 2.38. The van der Waals surface area contributed by atoms with Crippen LogP contribution in [0.3, 0.4) is 0 Å². The number of hydrogen-bond acceptors (Lipinski definition) is 7. The van der Waals surface area contributed by atoms with E-state index in [2.05, 4.69) is 4.98 Å². The molecule has 2 N–H and O–H groups in total. The van der Waals surface area contributed by atoms with Crippen molar-refractivity contribution in [1.29, 1.82) is 0 Å². The van der Waals surface area contributed by atoms with Gasteiger partial charge < -0.3 is 10.6 Å². The van der Waals surface area contributed by atoms with E-state index >= 15 is 0 Å². The van der Waals surface area contributed by atoms with Gasteiger partial charge in [-0.2, -0.15) is 0 Å². The van der Waals surface area contributed by atoms with Crippen LogP contribution in [0.15, 0.2) is 58.3 Å². The Hall–Kier alpha value is -3.67. The lowest BCUT2D eigenvalue weighted by molar-refractivity contribution is 0.405. The summed E-state index contributed by atoms with van der Waals surface area (Å²) in [5.41, 5.74) is 6.52. The number of nitrogens with two attached hydrogens (primary N) is 1. The molecule has 0 unspecified atom stereocenters. The van der Waals surface area contributed by atoms with Gasteiger partial charge in [0.2, 0.25) is 5.13 Å². The summed E-state index contributed by atoms with van der Waals surface area (Å²) in [5, 5.41) is 0.517. The lowest BCUT2D eigenvalue weighted by atomic mass is 10.1. The standard InChI is InChI=1S/C26H23F2N5O2S2/c1-14-11-30-25(36-14)33-23(34)21-18(12-31(2)3)22(15-7-9-16(29)10-8-15)37-24(21)32(26(33)35)13-17-19(27)5-4-6-20(17)28/h4-11H,12-13,29H2,1-3H3. The molecule has 0 aliphatic rings. The van der Waals surface area contributed by atoms with E-state index in [9.17, 15) is 18.4 Å². The van der Waals surface area contributed by atoms with Crippen molar-refractivity contribution in [2.45, 2.75) is 20.0 Å². The summed E-state index contributed by atoms with van der Waals surface area (Å²) in [6.07, 6.45) is 1.57. The predicted octanol–water partition coefficient (Wildman–Crippen LogP) is 4.62. The van der Waals surface area contributed by atoms with Crippen LogP contribution in [0, 0.1) is 18.6 Å². The van der Waals surface area contributed by atoms with Crippen LogP contribution < -0.4 is 17.0 Å². The number of nitrogen functional groups attached to an aromatic ring is 1. The molecule has 0 amide bonds. The maximum Gasteiger partial charge on any atom is 0.338 e. The van der Waals surface area contributed by atoms with Gasteiger partial charge in [0.15, 0.2) is 0 Å². The second-order valence-electron chi connectivity index (χ2n) is 8.91. The molecule has 0 saturated heterocycles. The SMILES string of the molecule is Cc1cnc(-n2c(=O)c3c(CN(C)C)c(-c4ccc(N)cc4)sc3n(Cc3c(F)cccc3F)c2=O)s1. The number of thiophene rings is 1. The van der Waals surface area contributed by atoms with Gasteiger partial charge in [0.1, 0.15) is 16.5 Å². The van der Waals surface area contributed by atoms with Gasteiger partial charge in [0, 0.05) is 33.7 Å². The number of anilines is 1. The number of aromatic nitrogens is 3. The zero-order valence-electron chi connectivity index (χ0n) is 20.3. The third-order valence-corrected chi connectivity index (χ3v) is 8.10. The summed E-state index contributed by atoms with van der Waals surface area (Å²) < 4.78 is 31.6. The Bertz CT molecular complexity index is 1730. The summed E-state index contributed by atoms with van der Waals surface area (Å²) in [6, 6.07) is 10.8. The molecule has 37 heavy (non-hydrogen) atoms. The molecule has 3 heterocycles. The van der Waals surface area contributed by atoms with Crippen molar-refractivity contribution in [2.24, 2.45) is 0 Å². The number of aryl methyl sites for hydroxylation is 1. The molecule has 0 saturated carbocycles. The van der Waals surface area contributed by atoms with Gasteiger partial charge in [-0.1, -0.05) is 18.2 Å². The minimum atomic E-state index is -0.772. The molecule has 11 heteroatoms. The summed E-state index contributed by atoms with van der Waals surface area (Å²) in [5.74, 6) is -1.54. The zero-order chi connectivity index (χ0) is 26.4. The van der Waals surface area contributed by atoms with Crippen molar-refractivity contribution in [3.05, 3.63) is 97.1 Å². The summed E-state index contributed by atoms with van der Waals surface area (Å²) in [6.45, 7) is 1.83. The van der Waals surface area contributed by atoms with Crippen molar-refractivity contribution < 1.29 is 8.78 Å². The molecule has 7 nitrogen and oxygen atoms in total. The third kappa shape index (κ3) is 4.50. The highest BCUT2D eigenvalue weighted by Gasteiger charge is 2.26. The fourth-order valence-corrected chi connectivity index (χ4v) is 6.25. The third-order valence-electron chi connectivity index (χ3n) is 5.90. The zero-order valence-corrected chi connectivity index (χ0v) is 21.9. The Balaban J connectivity index is 1.90. The molecule has 0 spiro atoms. The molecule has 0 bridgehead atoms. The van der Waals surface area contributed by atoms with E-state index in [0.717, 1.165) is 32.0 Å². The van der Waals surface area contributed by atoms with E-state index in [1.165, 1.54) is 33.3 Å². The molecule has 0 radical (unpaired) electrons. The van der Waals surface area contributed by atoms with Crippen molar-refractivity contribution >= 4 is 38.6 Å². The Morgan fingerprint density at radius 3 is 2.27 bits per heavy atom. The normalized spacial score (nSPS) is 11.6. The molecule has 5 rings (SSSR count). The molecule has 0 atom stereocenters. The molecule has 0 aliphatic carbocycles. The van der Waals surface area contributed by atoms with Gasteiger partial charge in [0.25, 0.3) is 5.56 Å². The Morgan fingerprint density at radius 1 is 1.00 bits per heavy atom. The fraction of sp³-hybridized carbons (Fsp3) is 0.192. The van der Waals surface area contributed by atoms with Crippen LogP contribution in [-0.2, 0) is 13.1 Å². The highest BCUT2D eigenvalue weighted by molar-refractivity contribution is 7.22. The van der Waals surface area contributed by atoms with Gasteiger partial charge in [-0.25, -0.2) is 23.1 Å². The minimum absolute atomic E-state index is 0.202. The maximum absolute atomic E-state index is 14.7. The number of benzene rings is 2. The largest absolute Gasteiger partial charge is 0.399 e. The van der Waals surface area contributed by atoms with Crippen molar-refractivity contribution in [3.63, 3.8) is 0 Å². The molecule has 190 valence electrons. The first-order valence-corrected chi connectivity index (χ1v) is 13.0. The molecule has 5 aromatic rings. The second kappa shape index (κ2) is 9.66. The quantitative estimate of drug-likeness (QED) is 0.319. The number of nitrogens with zero attached hydrogens (tertiary/aromatic N) is 4. The summed E-state index contributed by atoms with van der Waals surface area (Å²) in [4.78, 5) is 35.8. The van der Waals surface area contributed by atoms with E-state index in [-0.39, 0.29) is 17.2 Å². The van der Waals surface area contributed by atoms with E-state index in [4.69, 9.17) is 5.73 Å². The Morgan fingerprint density at radius 2 is 1.68 bits per heavy atom. The van der Waals surface area contributed by atoms with Crippen LogP contribution >= 0.6 is 22.7 Å². The van der Waals surface area contributed by atoms with Crippen LogP contribution in [0.2, 0.25) is 0 Å². The number of fused-ring (bicyclic) bond motifs is 1.